The molecule has 0 spiro atoms. The molecule has 0 saturated heterocycles. The summed E-state index contributed by atoms with van der Waals surface area (Å²) in [4.78, 5) is 16.4. The third-order valence-corrected chi connectivity index (χ3v) is 4.43. The number of nitrogens with two attached hydrogens (primary N) is 1. The second-order valence-electron chi connectivity index (χ2n) is 6.46. The fraction of sp³-hybridized carbons (Fsp3) is 0.143. The maximum Gasteiger partial charge on any atom is 0.251 e. The van der Waals surface area contributed by atoms with E-state index in [1.165, 1.54) is 0 Å². The van der Waals surface area contributed by atoms with Crippen molar-refractivity contribution < 1.29 is 4.79 Å². The number of aromatic nitrogens is 4. The first-order chi connectivity index (χ1) is 13.7. The van der Waals surface area contributed by atoms with Gasteiger partial charge in [0.1, 0.15) is 11.5 Å². The SMILES string of the molecule is CCCNC(=O)c1ccc(-n2cc(-c3cc(N)nc4ccccc34)nn2)cc1. The highest BCUT2D eigenvalue weighted by molar-refractivity contribution is 5.95. The number of hydrogen-bond acceptors (Lipinski definition) is 5. The van der Waals surface area contributed by atoms with Crippen LogP contribution >= 0.6 is 0 Å². The number of carbonyl (C=O) groups excluding carboxylic acids is 1. The number of rotatable bonds is 5. The van der Waals surface area contributed by atoms with Crippen LogP contribution in [-0.4, -0.2) is 32.4 Å². The minimum atomic E-state index is -0.0774. The monoisotopic (exact) mass is 372 g/mol. The van der Waals surface area contributed by atoms with Crippen molar-refractivity contribution in [3.8, 4) is 16.9 Å². The molecule has 7 nitrogen and oxygen atoms in total. The maximum atomic E-state index is 12.0. The van der Waals surface area contributed by atoms with E-state index in [1.807, 2.05) is 49.5 Å². The summed E-state index contributed by atoms with van der Waals surface area (Å²) in [5.41, 5.74) is 9.79. The van der Waals surface area contributed by atoms with E-state index in [4.69, 9.17) is 5.73 Å². The number of para-hydroxylation sites is 1. The largest absolute Gasteiger partial charge is 0.384 e. The molecule has 0 aliphatic carbocycles. The smallest absolute Gasteiger partial charge is 0.251 e. The zero-order valence-electron chi connectivity index (χ0n) is 15.5. The highest BCUT2D eigenvalue weighted by atomic mass is 16.1. The van der Waals surface area contributed by atoms with Gasteiger partial charge in [-0.2, -0.15) is 0 Å². The van der Waals surface area contributed by atoms with E-state index in [0.29, 0.717) is 23.6 Å². The van der Waals surface area contributed by atoms with E-state index >= 15 is 0 Å². The zero-order chi connectivity index (χ0) is 19.5. The molecule has 0 fully saturated rings. The molecule has 0 bridgehead atoms. The summed E-state index contributed by atoms with van der Waals surface area (Å²) in [5, 5.41) is 12.4. The third-order valence-electron chi connectivity index (χ3n) is 4.43. The van der Waals surface area contributed by atoms with Crippen LogP contribution in [0, 0.1) is 0 Å². The number of anilines is 1. The topological polar surface area (TPSA) is 98.7 Å². The van der Waals surface area contributed by atoms with Crippen LogP contribution in [0.1, 0.15) is 23.7 Å². The average Bonchev–Trinajstić information content (AvgIpc) is 3.21. The average molecular weight is 372 g/mol. The number of hydrogen-bond donors (Lipinski definition) is 2. The van der Waals surface area contributed by atoms with Gasteiger partial charge in [0.2, 0.25) is 0 Å². The molecule has 0 radical (unpaired) electrons. The van der Waals surface area contributed by atoms with Gasteiger partial charge in [-0.05, 0) is 42.8 Å². The molecule has 2 aromatic heterocycles. The minimum absolute atomic E-state index is 0.0774. The summed E-state index contributed by atoms with van der Waals surface area (Å²) in [6.07, 6.45) is 2.74. The van der Waals surface area contributed by atoms with Crippen molar-refractivity contribution in [1.82, 2.24) is 25.3 Å². The van der Waals surface area contributed by atoms with E-state index in [2.05, 4.69) is 20.6 Å². The number of nitrogens with zero attached hydrogens (tertiary/aromatic N) is 4. The van der Waals surface area contributed by atoms with Crippen molar-refractivity contribution in [2.75, 3.05) is 12.3 Å². The van der Waals surface area contributed by atoms with E-state index in [9.17, 15) is 4.79 Å². The lowest BCUT2D eigenvalue weighted by Gasteiger charge is -2.05. The molecule has 140 valence electrons. The van der Waals surface area contributed by atoms with Gasteiger partial charge in [0.25, 0.3) is 5.91 Å². The molecule has 4 aromatic rings. The van der Waals surface area contributed by atoms with Crippen LogP contribution in [0.15, 0.2) is 60.8 Å². The molecule has 4 rings (SSSR count). The first-order valence-corrected chi connectivity index (χ1v) is 9.12. The Hall–Kier alpha value is -3.74. The molecule has 1 amide bonds. The van der Waals surface area contributed by atoms with E-state index in [0.717, 1.165) is 28.6 Å². The lowest BCUT2D eigenvalue weighted by molar-refractivity contribution is 0.0953. The fourth-order valence-electron chi connectivity index (χ4n) is 3.03. The number of amides is 1. The number of fused-ring (bicyclic) bond motifs is 1. The Morgan fingerprint density at radius 2 is 1.93 bits per heavy atom. The molecule has 0 saturated carbocycles. The number of pyridine rings is 1. The molecule has 28 heavy (non-hydrogen) atoms. The Morgan fingerprint density at radius 3 is 2.71 bits per heavy atom. The Kier molecular flexibility index (Phi) is 4.72. The van der Waals surface area contributed by atoms with Crippen molar-refractivity contribution in [3.63, 3.8) is 0 Å². The lowest BCUT2D eigenvalue weighted by atomic mass is 10.1. The van der Waals surface area contributed by atoms with Crippen LogP contribution in [0.3, 0.4) is 0 Å². The number of nitrogens with one attached hydrogen (secondary N) is 1. The standard InChI is InChI=1S/C21H20N6O/c1-2-11-23-21(28)14-7-9-15(10-8-14)27-13-19(25-26-27)17-12-20(22)24-18-6-4-3-5-16(17)18/h3-10,12-13H,2,11H2,1H3,(H2,22,24)(H,23,28). The predicted molar refractivity (Wildman–Crippen MR) is 109 cm³/mol. The van der Waals surface area contributed by atoms with Crippen LogP contribution in [0.25, 0.3) is 27.8 Å². The molecule has 3 N–H and O–H groups in total. The molecule has 0 atom stereocenters. The third kappa shape index (κ3) is 3.42. The Balaban J connectivity index is 1.65. The van der Waals surface area contributed by atoms with Gasteiger partial charge in [-0.25, -0.2) is 9.67 Å². The van der Waals surface area contributed by atoms with Crippen LogP contribution in [0.4, 0.5) is 5.82 Å². The van der Waals surface area contributed by atoms with Crippen molar-refractivity contribution in [2.45, 2.75) is 13.3 Å². The van der Waals surface area contributed by atoms with Crippen LogP contribution in [-0.2, 0) is 0 Å². The van der Waals surface area contributed by atoms with E-state index in [-0.39, 0.29) is 5.91 Å². The quantitative estimate of drug-likeness (QED) is 0.560. The first-order valence-electron chi connectivity index (χ1n) is 9.12. The maximum absolute atomic E-state index is 12.0. The van der Waals surface area contributed by atoms with Crippen LogP contribution in [0.5, 0.6) is 0 Å². The van der Waals surface area contributed by atoms with Gasteiger partial charge in [0, 0.05) is 23.1 Å². The molecule has 0 aliphatic heterocycles. The highest BCUT2D eigenvalue weighted by Gasteiger charge is 2.11. The van der Waals surface area contributed by atoms with Gasteiger partial charge in [-0.15, -0.1) is 5.10 Å². The number of nitrogen functional groups attached to an aromatic ring is 1. The van der Waals surface area contributed by atoms with E-state index in [1.54, 1.807) is 22.9 Å². The van der Waals surface area contributed by atoms with Gasteiger partial charge in [-0.3, -0.25) is 4.79 Å². The van der Waals surface area contributed by atoms with Gasteiger partial charge in [-0.1, -0.05) is 30.3 Å². The molecular formula is C21H20N6O. The second kappa shape index (κ2) is 7.48. The fourth-order valence-corrected chi connectivity index (χ4v) is 3.03. The Morgan fingerprint density at radius 1 is 1.14 bits per heavy atom. The summed E-state index contributed by atoms with van der Waals surface area (Å²) < 4.78 is 1.68. The molecule has 7 heteroatoms. The zero-order valence-corrected chi connectivity index (χ0v) is 15.5. The van der Waals surface area contributed by atoms with Crippen molar-refractivity contribution in [3.05, 3.63) is 66.4 Å². The van der Waals surface area contributed by atoms with Crippen molar-refractivity contribution >= 4 is 22.6 Å². The Bertz CT molecular complexity index is 1130. The summed E-state index contributed by atoms with van der Waals surface area (Å²) in [6, 6.07) is 16.8. The summed E-state index contributed by atoms with van der Waals surface area (Å²) in [6.45, 7) is 2.68. The van der Waals surface area contributed by atoms with Gasteiger partial charge in [0.05, 0.1) is 17.4 Å². The summed E-state index contributed by atoms with van der Waals surface area (Å²) >= 11 is 0. The van der Waals surface area contributed by atoms with Gasteiger partial charge in [0.15, 0.2) is 0 Å². The van der Waals surface area contributed by atoms with Crippen molar-refractivity contribution in [1.29, 1.82) is 0 Å². The molecule has 2 heterocycles. The summed E-state index contributed by atoms with van der Waals surface area (Å²) in [7, 11) is 0. The van der Waals surface area contributed by atoms with Gasteiger partial charge < -0.3 is 11.1 Å². The number of carbonyl (C=O) groups is 1. The second-order valence-corrected chi connectivity index (χ2v) is 6.46. The van der Waals surface area contributed by atoms with Crippen LogP contribution < -0.4 is 11.1 Å². The predicted octanol–water partition coefficient (Wildman–Crippen LogP) is 3.20. The normalized spacial score (nSPS) is 10.9. The highest BCUT2D eigenvalue weighted by Crippen LogP contribution is 2.28. The molecular weight excluding hydrogens is 352 g/mol. The summed E-state index contributed by atoms with van der Waals surface area (Å²) in [5.74, 6) is 0.358. The van der Waals surface area contributed by atoms with Crippen molar-refractivity contribution in [2.24, 2.45) is 0 Å². The van der Waals surface area contributed by atoms with Crippen LogP contribution in [0.2, 0.25) is 0 Å². The molecule has 0 unspecified atom stereocenters. The van der Waals surface area contributed by atoms with E-state index < -0.39 is 0 Å². The Labute approximate surface area is 162 Å². The first kappa shape index (κ1) is 17.7. The van der Waals surface area contributed by atoms with Gasteiger partial charge >= 0.3 is 0 Å². The minimum Gasteiger partial charge on any atom is -0.384 e. The molecule has 2 aromatic carbocycles. The number of benzene rings is 2. The lowest BCUT2D eigenvalue weighted by Crippen LogP contribution is -2.23. The molecule has 0 aliphatic rings.